The minimum absolute atomic E-state index is 0.115. The van der Waals surface area contributed by atoms with Gasteiger partial charge in [-0.15, -0.1) is 0 Å². The number of hydrogen-bond acceptors (Lipinski definition) is 2. The van der Waals surface area contributed by atoms with Crippen molar-refractivity contribution in [1.29, 1.82) is 0 Å². The summed E-state index contributed by atoms with van der Waals surface area (Å²) in [4.78, 5) is 24.8. The molecule has 1 aromatic carbocycles. The highest BCUT2D eigenvalue weighted by molar-refractivity contribution is 5.94. The van der Waals surface area contributed by atoms with Gasteiger partial charge in [-0.3, -0.25) is 9.59 Å². The summed E-state index contributed by atoms with van der Waals surface area (Å²) in [6.45, 7) is 2.88. The molecule has 2 rings (SSSR count). The average molecular weight is 278 g/mol. The second-order valence-corrected chi connectivity index (χ2v) is 5.39. The van der Waals surface area contributed by atoms with Gasteiger partial charge in [0.15, 0.2) is 0 Å². The molecular weight excluding hydrogens is 259 g/mol. The zero-order valence-corrected chi connectivity index (χ0v) is 11.6. The molecule has 0 bridgehead atoms. The van der Waals surface area contributed by atoms with E-state index in [1.54, 1.807) is 17.9 Å². The molecule has 1 fully saturated rings. The van der Waals surface area contributed by atoms with E-state index in [1.807, 2.05) is 0 Å². The lowest BCUT2D eigenvalue weighted by atomic mass is 9.93. The highest BCUT2D eigenvalue weighted by atomic mass is 19.1. The lowest BCUT2D eigenvalue weighted by molar-refractivity contribution is -0.119. The molecule has 1 aliphatic heterocycles. The Morgan fingerprint density at radius 3 is 2.55 bits per heavy atom. The fourth-order valence-electron chi connectivity index (χ4n) is 2.59. The van der Waals surface area contributed by atoms with E-state index in [1.165, 1.54) is 12.1 Å². The molecule has 4 nitrogen and oxygen atoms in total. The van der Waals surface area contributed by atoms with E-state index < -0.39 is 5.82 Å². The van der Waals surface area contributed by atoms with E-state index in [4.69, 9.17) is 5.73 Å². The fraction of sp³-hybridized carbons (Fsp3) is 0.467. The molecule has 108 valence electrons. The maximum atomic E-state index is 13.8. The van der Waals surface area contributed by atoms with Crippen LogP contribution >= 0.6 is 0 Å². The van der Waals surface area contributed by atoms with Crippen LogP contribution in [0.5, 0.6) is 0 Å². The summed E-state index contributed by atoms with van der Waals surface area (Å²) < 4.78 is 13.8. The van der Waals surface area contributed by atoms with Crippen LogP contribution in [0.25, 0.3) is 0 Å². The number of carbonyl (C=O) groups is 2. The Kier molecular flexibility index (Phi) is 4.37. The smallest absolute Gasteiger partial charge is 0.256 e. The van der Waals surface area contributed by atoms with Gasteiger partial charge in [-0.25, -0.2) is 4.39 Å². The Bertz CT molecular complexity index is 523. The number of aryl methyl sites for hydroxylation is 1. The average Bonchev–Trinajstić information content (AvgIpc) is 2.38. The molecule has 0 atom stereocenters. The highest BCUT2D eigenvalue weighted by Crippen LogP contribution is 2.22. The molecule has 5 heteroatoms. The van der Waals surface area contributed by atoms with Crippen molar-refractivity contribution in [3.8, 4) is 0 Å². The van der Waals surface area contributed by atoms with E-state index in [0.29, 0.717) is 19.5 Å². The third kappa shape index (κ3) is 3.35. The Morgan fingerprint density at radius 1 is 1.35 bits per heavy atom. The van der Waals surface area contributed by atoms with Crippen molar-refractivity contribution in [2.75, 3.05) is 13.1 Å². The van der Waals surface area contributed by atoms with Crippen LogP contribution in [0.1, 0.15) is 35.2 Å². The van der Waals surface area contributed by atoms with E-state index in [9.17, 15) is 14.0 Å². The number of piperidine rings is 1. The normalized spacial score (nSPS) is 16.2. The Labute approximate surface area is 117 Å². The van der Waals surface area contributed by atoms with Crippen LogP contribution in [0.4, 0.5) is 4.39 Å². The molecule has 0 unspecified atom stereocenters. The number of primary amides is 1. The maximum absolute atomic E-state index is 13.8. The largest absolute Gasteiger partial charge is 0.370 e. The zero-order valence-electron chi connectivity index (χ0n) is 11.6. The Balaban J connectivity index is 1.99. The van der Waals surface area contributed by atoms with Gasteiger partial charge in [0.2, 0.25) is 5.91 Å². The van der Waals surface area contributed by atoms with Crippen molar-refractivity contribution in [3.63, 3.8) is 0 Å². The van der Waals surface area contributed by atoms with Crippen molar-refractivity contribution in [3.05, 3.63) is 35.1 Å². The fourth-order valence-corrected chi connectivity index (χ4v) is 2.59. The third-order valence-corrected chi connectivity index (χ3v) is 3.75. The monoisotopic (exact) mass is 278 g/mol. The van der Waals surface area contributed by atoms with Gasteiger partial charge in [0, 0.05) is 19.5 Å². The first-order valence-electron chi connectivity index (χ1n) is 6.81. The number of amides is 2. The van der Waals surface area contributed by atoms with Crippen LogP contribution in [0.3, 0.4) is 0 Å². The van der Waals surface area contributed by atoms with Crippen LogP contribution in [0, 0.1) is 18.7 Å². The zero-order chi connectivity index (χ0) is 14.7. The Morgan fingerprint density at radius 2 is 2.00 bits per heavy atom. The molecule has 0 saturated carbocycles. The molecule has 1 saturated heterocycles. The van der Waals surface area contributed by atoms with Crippen LogP contribution < -0.4 is 5.73 Å². The second-order valence-electron chi connectivity index (χ2n) is 5.39. The SMILES string of the molecule is Cc1ccc(C(=O)N2CCC(CC(N)=O)CC2)c(F)c1. The van der Waals surface area contributed by atoms with E-state index in [-0.39, 0.29) is 23.3 Å². The molecule has 1 aliphatic rings. The summed E-state index contributed by atoms with van der Waals surface area (Å²) in [5.74, 6) is -0.826. The van der Waals surface area contributed by atoms with Crippen LogP contribution in [-0.2, 0) is 4.79 Å². The topological polar surface area (TPSA) is 63.4 Å². The van der Waals surface area contributed by atoms with Crippen molar-refractivity contribution in [1.82, 2.24) is 4.90 Å². The predicted octanol–water partition coefficient (Wildman–Crippen LogP) is 1.86. The summed E-state index contributed by atoms with van der Waals surface area (Å²) in [5, 5.41) is 0. The number of rotatable bonds is 3. The summed E-state index contributed by atoms with van der Waals surface area (Å²) in [6, 6.07) is 4.63. The van der Waals surface area contributed by atoms with Crippen molar-refractivity contribution >= 4 is 11.8 Å². The minimum Gasteiger partial charge on any atom is -0.370 e. The van der Waals surface area contributed by atoms with Crippen LogP contribution in [-0.4, -0.2) is 29.8 Å². The van der Waals surface area contributed by atoms with Gasteiger partial charge in [-0.2, -0.15) is 0 Å². The van der Waals surface area contributed by atoms with Gasteiger partial charge in [0.25, 0.3) is 5.91 Å². The van der Waals surface area contributed by atoms with E-state index >= 15 is 0 Å². The van der Waals surface area contributed by atoms with Gasteiger partial charge >= 0.3 is 0 Å². The van der Waals surface area contributed by atoms with Crippen molar-refractivity contribution < 1.29 is 14.0 Å². The standard InChI is InChI=1S/C15H19FN2O2/c1-10-2-3-12(13(16)8-10)15(20)18-6-4-11(5-7-18)9-14(17)19/h2-3,8,11H,4-7,9H2,1H3,(H2,17,19). The van der Waals surface area contributed by atoms with Gasteiger partial charge in [-0.1, -0.05) is 6.07 Å². The van der Waals surface area contributed by atoms with Gasteiger partial charge in [0.05, 0.1) is 5.56 Å². The summed E-state index contributed by atoms with van der Waals surface area (Å²) in [5.41, 5.74) is 6.08. The summed E-state index contributed by atoms with van der Waals surface area (Å²) in [6.07, 6.45) is 1.84. The third-order valence-electron chi connectivity index (χ3n) is 3.75. The lowest BCUT2D eigenvalue weighted by Gasteiger charge is -2.31. The molecule has 0 radical (unpaired) electrons. The molecule has 1 heterocycles. The molecule has 2 amide bonds. The molecular formula is C15H19FN2O2. The van der Waals surface area contributed by atoms with Gasteiger partial charge in [-0.05, 0) is 43.4 Å². The molecule has 1 aromatic rings. The quantitative estimate of drug-likeness (QED) is 0.917. The minimum atomic E-state index is -0.478. The van der Waals surface area contributed by atoms with Crippen LogP contribution in [0.2, 0.25) is 0 Å². The molecule has 2 N–H and O–H groups in total. The van der Waals surface area contributed by atoms with Crippen LogP contribution in [0.15, 0.2) is 18.2 Å². The number of likely N-dealkylation sites (tertiary alicyclic amines) is 1. The molecule has 0 spiro atoms. The molecule has 0 aromatic heterocycles. The molecule has 0 aliphatic carbocycles. The van der Waals surface area contributed by atoms with Crippen molar-refractivity contribution in [2.45, 2.75) is 26.2 Å². The first-order chi connectivity index (χ1) is 9.47. The molecule has 20 heavy (non-hydrogen) atoms. The number of halogens is 1. The maximum Gasteiger partial charge on any atom is 0.256 e. The Hall–Kier alpha value is -1.91. The number of benzene rings is 1. The number of hydrogen-bond donors (Lipinski definition) is 1. The second kappa shape index (κ2) is 6.03. The highest BCUT2D eigenvalue weighted by Gasteiger charge is 2.25. The number of nitrogens with zero attached hydrogens (tertiary/aromatic N) is 1. The van der Waals surface area contributed by atoms with E-state index in [0.717, 1.165) is 18.4 Å². The summed E-state index contributed by atoms with van der Waals surface area (Å²) in [7, 11) is 0. The number of carbonyl (C=O) groups excluding carboxylic acids is 2. The lowest BCUT2D eigenvalue weighted by Crippen LogP contribution is -2.39. The van der Waals surface area contributed by atoms with Gasteiger partial charge < -0.3 is 10.6 Å². The predicted molar refractivity (Wildman–Crippen MR) is 73.6 cm³/mol. The van der Waals surface area contributed by atoms with Gasteiger partial charge in [0.1, 0.15) is 5.82 Å². The summed E-state index contributed by atoms with van der Waals surface area (Å²) >= 11 is 0. The van der Waals surface area contributed by atoms with Crippen molar-refractivity contribution in [2.24, 2.45) is 11.7 Å². The number of nitrogens with two attached hydrogens (primary N) is 1. The first-order valence-corrected chi connectivity index (χ1v) is 6.81. The van der Waals surface area contributed by atoms with E-state index in [2.05, 4.69) is 0 Å². The first kappa shape index (κ1) is 14.5.